The first-order valence-corrected chi connectivity index (χ1v) is 5.22. The summed E-state index contributed by atoms with van der Waals surface area (Å²) in [5.41, 5.74) is 4.39. The highest BCUT2D eigenvalue weighted by atomic mass is 16.5. The lowest BCUT2D eigenvalue weighted by Crippen LogP contribution is -2.54. The Balaban J connectivity index is 2.93. The molecule has 1 heterocycles. The number of nitrogens with zero attached hydrogens (tertiary/aromatic N) is 1. The van der Waals surface area contributed by atoms with Crippen LogP contribution in [0.15, 0.2) is 0 Å². The molecule has 0 aromatic rings. The van der Waals surface area contributed by atoms with Gasteiger partial charge in [-0.2, -0.15) is 0 Å². The second-order valence-electron chi connectivity index (χ2n) is 4.44. The Morgan fingerprint density at radius 2 is 2.18 bits per heavy atom. The van der Waals surface area contributed by atoms with Crippen LogP contribution in [0.5, 0.6) is 0 Å². The van der Waals surface area contributed by atoms with Gasteiger partial charge in [-0.3, -0.25) is 19.3 Å². The Labute approximate surface area is 99.3 Å². The molecule has 7 nitrogen and oxygen atoms in total. The van der Waals surface area contributed by atoms with Crippen LogP contribution >= 0.6 is 0 Å². The lowest BCUT2D eigenvalue weighted by atomic mass is 10.1. The van der Waals surface area contributed by atoms with E-state index in [0.717, 1.165) is 0 Å². The van der Waals surface area contributed by atoms with E-state index in [1.165, 1.54) is 7.11 Å². The number of nitrogens with two attached hydrogens (primary N) is 1. The molecule has 2 amide bonds. The second-order valence-corrected chi connectivity index (χ2v) is 4.44. The zero-order valence-corrected chi connectivity index (χ0v) is 10.1. The predicted molar refractivity (Wildman–Crippen MR) is 58.5 cm³/mol. The maximum atomic E-state index is 11.6. The largest absolute Gasteiger partial charge is 0.468 e. The quantitative estimate of drug-likeness (QED) is 0.589. The minimum Gasteiger partial charge on any atom is -0.468 e. The average Bonchev–Trinajstić information content (AvgIpc) is 2.47. The van der Waals surface area contributed by atoms with Crippen LogP contribution in [0.2, 0.25) is 0 Å². The van der Waals surface area contributed by atoms with Crippen molar-refractivity contribution in [1.29, 1.82) is 0 Å². The smallest absolute Gasteiger partial charge is 0.323 e. The molecule has 0 aromatic carbocycles. The number of amides is 2. The van der Waals surface area contributed by atoms with Crippen LogP contribution in [0.25, 0.3) is 0 Å². The van der Waals surface area contributed by atoms with Crippen LogP contribution < -0.4 is 11.1 Å². The number of nitrogens with one attached hydrogen (secondary N) is 1. The van der Waals surface area contributed by atoms with Gasteiger partial charge in [0, 0.05) is 0 Å². The normalized spacial score (nSPS) is 20.8. The van der Waals surface area contributed by atoms with Gasteiger partial charge in [0.2, 0.25) is 11.8 Å². The van der Waals surface area contributed by atoms with Crippen molar-refractivity contribution in [3.63, 3.8) is 0 Å². The minimum absolute atomic E-state index is 0.0417. The number of primary amides is 1. The van der Waals surface area contributed by atoms with Crippen molar-refractivity contribution >= 4 is 17.8 Å². The van der Waals surface area contributed by atoms with Crippen LogP contribution in [0.3, 0.4) is 0 Å². The molecule has 0 aromatic heterocycles. The van der Waals surface area contributed by atoms with Gasteiger partial charge in [0.05, 0.1) is 25.7 Å². The van der Waals surface area contributed by atoms with Gasteiger partial charge in [0.1, 0.15) is 6.04 Å². The topological polar surface area (TPSA) is 102 Å². The van der Waals surface area contributed by atoms with Gasteiger partial charge in [0.15, 0.2) is 0 Å². The van der Waals surface area contributed by atoms with Crippen molar-refractivity contribution in [3.05, 3.63) is 0 Å². The van der Waals surface area contributed by atoms with E-state index in [-0.39, 0.29) is 18.9 Å². The van der Waals surface area contributed by atoms with Crippen LogP contribution in [0.1, 0.15) is 20.3 Å². The Bertz CT molecular complexity index is 353. The summed E-state index contributed by atoms with van der Waals surface area (Å²) in [6.45, 7) is 3.53. The van der Waals surface area contributed by atoms with Gasteiger partial charge in [-0.05, 0) is 13.8 Å². The summed E-state index contributed by atoms with van der Waals surface area (Å²) in [4.78, 5) is 35.5. The molecule has 0 aliphatic carbocycles. The molecule has 1 aliphatic rings. The first-order chi connectivity index (χ1) is 7.77. The van der Waals surface area contributed by atoms with E-state index in [9.17, 15) is 14.4 Å². The lowest BCUT2D eigenvalue weighted by Gasteiger charge is -2.34. The SMILES string of the molecule is COC(=O)C(CC(N)=O)N1CC(=O)NC1(C)C. The summed E-state index contributed by atoms with van der Waals surface area (Å²) < 4.78 is 4.63. The van der Waals surface area contributed by atoms with E-state index in [1.807, 2.05) is 0 Å². The summed E-state index contributed by atoms with van der Waals surface area (Å²) in [5.74, 6) is -1.39. The van der Waals surface area contributed by atoms with Crippen molar-refractivity contribution in [2.45, 2.75) is 32.0 Å². The highest BCUT2D eigenvalue weighted by molar-refractivity contribution is 5.87. The Hall–Kier alpha value is -1.63. The highest BCUT2D eigenvalue weighted by Gasteiger charge is 2.44. The third-order valence-electron chi connectivity index (χ3n) is 2.72. The molecule has 3 N–H and O–H groups in total. The molecule has 7 heteroatoms. The maximum absolute atomic E-state index is 11.6. The molecule has 0 spiro atoms. The van der Waals surface area contributed by atoms with Gasteiger partial charge in [-0.1, -0.05) is 0 Å². The van der Waals surface area contributed by atoms with Crippen LogP contribution in [0.4, 0.5) is 0 Å². The van der Waals surface area contributed by atoms with Gasteiger partial charge < -0.3 is 15.8 Å². The first kappa shape index (κ1) is 13.4. The van der Waals surface area contributed by atoms with E-state index in [1.54, 1.807) is 18.7 Å². The number of carbonyl (C=O) groups excluding carboxylic acids is 3. The second kappa shape index (κ2) is 4.70. The van der Waals surface area contributed by atoms with E-state index in [4.69, 9.17) is 5.73 Å². The monoisotopic (exact) mass is 243 g/mol. The Kier molecular flexibility index (Phi) is 3.72. The number of carbonyl (C=O) groups is 3. The van der Waals surface area contributed by atoms with E-state index < -0.39 is 23.6 Å². The third-order valence-corrected chi connectivity index (χ3v) is 2.72. The summed E-state index contributed by atoms with van der Waals surface area (Å²) in [6.07, 6.45) is -0.176. The van der Waals surface area contributed by atoms with E-state index in [2.05, 4.69) is 10.1 Å². The molecule has 1 aliphatic heterocycles. The van der Waals surface area contributed by atoms with Crippen molar-refractivity contribution in [2.24, 2.45) is 5.73 Å². The summed E-state index contributed by atoms with van der Waals surface area (Å²) in [5, 5.41) is 2.70. The molecule has 0 bridgehead atoms. The molecule has 1 rings (SSSR count). The molecule has 96 valence electrons. The van der Waals surface area contributed by atoms with Crippen molar-refractivity contribution in [3.8, 4) is 0 Å². The summed E-state index contributed by atoms with van der Waals surface area (Å²) in [7, 11) is 1.23. The summed E-state index contributed by atoms with van der Waals surface area (Å²) in [6, 6.07) is -0.841. The zero-order valence-electron chi connectivity index (χ0n) is 10.1. The molecule has 0 saturated carbocycles. The molecule has 1 saturated heterocycles. The maximum Gasteiger partial charge on any atom is 0.323 e. The van der Waals surface area contributed by atoms with Crippen LogP contribution in [-0.2, 0) is 19.1 Å². The predicted octanol–water partition coefficient (Wildman–Crippen LogP) is -1.43. The lowest BCUT2D eigenvalue weighted by molar-refractivity contribution is -0.150. The Morgan fingerprint density at radius 1 is 1.59 bits per heavy atom. The molecule has 1 fully saturated rings. The Morgan fingerprint density at radius 3 is 2.53 bits per heavy atom. The van der Waals surface area contributed by atoms with E-state index in [0.29, 0.717) is 0 Å². The van der Waals surface area contributed by atoms with Crippen molar-refractivity contribution < 1.29 is 19.1 Å². The zero-order chi connectivity index (χ0) is 13.2. The molecule has 17 heavy (non-hydrogen) atoms. The van der Waals surface area contributed by atoms with Gasteiger partial charge in [-0.15, -0.1) is 0 Å². The van der Waals surface area contributed by atoms with Gasteiger partial charge in [0.25, 0.3) is 0 Å². The van der Waals surface area contributed by atoms with Crippen molar-refractivity contribution in [1.82, 2.24) is 10.2 Å². The third kappa shape index (κ3) is 2.94. The number of rotatable bonds is 4. The molecular weight excluding hydrogens is 226 g/mol. The fourth-order valence-electron chi connectivity index (χ4n) is 1.95. The minimum atomic E-state index is -0.841. The van der Waals surface area contributed by atoms with E-state index >= 15 is 0 Å². The fraction of sp³-hybridized carbons (Fsp3) is 0.700. The fourth-order valence-corrected chi connectivity index (χ4v) is 1.95. The summed E-state index contributed by atoms with van der Waals surface area (Å²) >= 11 is 0. The molecule has 1 atom stereocenters. The molecular formula is C10H17N3O4. The molecule has 1 unspecified atom stereocenters. The highest BCUT2D eigenvalue weighted by Crippen LogP contribution is 2.22. The van der Waals surface area contributed by atoms with Crippen LogP contribution in [0, 0.1) is 0 Å². The standard InChI is InChI=1S/C10H17N3O4/c1-10(2)12-8(15)5-13(10)6(4-7(11)14)9(16)17-3/h6H,4-5H2,1-3H3,(H2,11,14)(H,12,15). The number of esters is 1. The van der Waals surface area contributed by atoms with Gasteiger partial charge >= 0.3 is 5.97 Å². The van der Waals surface area contributed by atoms with Crippen LogP contribution in [-0.4, -0.2) is 48.0 Å². The number of ether oxygens (including phenoxy) is 1. The van der Waals surface area contributed by atoms with Crippen molar-refractivity contribution in [2.75, 3.05) is 13.7 Å². The number of hydrogen-bond acceptors (Lipinski definition) is 5. The number of methoxy groups -OCH3 is 1. The first-order valence-electron chi connectivity index (χ1n) is 5.22. The average molecular weight is 243 g/mol. The molecule has 0 radical (unpaired) electrons. The van der Waals surface area contributed by atoms with Gasteiger partial charge in [-0.25, -0.2) is 0 Å². The number of hydrogen-bond donors (Lipinski definition) is 2.